The number of hydrogen-bond donors (Lipinski definition) is 1. The Bertz CT molecular complexity index is 406. The molecule has 1 amide bonds. The highest BCUT2D eigenvalue weighted by atomic mass is 35.5. The monoisotopic (exact) mass is 251 g/mol. The summed E-state index contributed by atoms with van der Waals surface area (Å²) >= 11 is 6.16. The first kappa shape index (κ1) is 12.4. The van der Waals surface area contributed by atoms with Crippen LogP contribution < -0.4 is 5.32 Å². The van der Waals surface area contributed by atoms with E-state index >= 15 is 0 Å². The molecule has 0 saturated heterocycles. The molecule has 0 bridgehead atoms. The molecule has 0 aliphatic heterocycles. The highest BCUT2D eigenvalue weighted by Gasteiger charge is 2.29. The van der Waals surface area contributed by atoms with Crippen molar-refractivity contribution >= 4 is 17.5 Å². The highest BCUT2D eigenvalue weighted by molar-refractivity contribution is 6.21. The number of benzene rings is 1. The number of carbonyl (C=O) groups is 1. The van der Waals surface area contributed by atoms with Gasteiger partial charge in [-0.1, -0.05) is 17.2 Å². The summed E-state index contributed by atoms with van der Waals surface area (Å²) in [4.78, 5) is 11.9. The number of carbonyl (C=O) groups excluding carboxylic acids is 1. The van der Waals surface area contributed by atoms with Crippen LogP contribution in [0.25, 0.3) is 0 Å². The maximum absolute atomic E-state index is 11.9. The number of hydrogen-bond acceptors (Lipinski definition) is 1. The third-order valence-corrected chi connectivity index (χ3v) is 3.59. The molecule has 0 aromatic heterocycles. The van der Waals surface area contributed by atoms with E-state index in [0.29, 0.717) is 12.5 Å². The van der Waals surface area contributed by atoms with Crippen LogP contribution in [0, 0.1) is 19.8 Å². The van der Waals surface area contributed by atoms with Gasteiger partial charge in [-0.15, -0.1) is 11.6 Å². The number of nitrogens with one attached hydrogen (secondary N) is 1. The van der Waals surface area contributed by atoms with Gasteiger partial charge < -0.3 is 5.32 Å². The summed E-state index contributed by atoms with van der Waals surface area (Å²) in [6.45, 7) is 4.56. The van der Waals surface area contributed by atoms with Crippen molar-refractivity contribution in [2.24, 2.45) is 5.92 Å². The lowest BCUT2D eigenvalue weighted by atomic mass is 10.1. The molecule has 1 unspecified atom stereocenters. The second-order valence-corrected chi connectivity index (χ2v) is 5.50. The van der Waals surface area contributed by atoms with Gasteiger partial charge in [-0.3, -0.25) is 4.79 Å². The summed E-state index contributed by atoms with van der Waals surface area (Å²) in [6, 6.07) is 5.87. The number of aryl methyl sites for hydroxylation is 2. The van der Waals surface area contributed by atoms with Gasteiger partial charge in [0.1, 0.15) is 0 Å². The average molecular weight is 252 g/mol. The van der Waals surface area contributed by atoms with Crippen molar-refractivity contribution in [2.75, 3.05) is 6.54 Å². The van der Waals surface area contributed by atoms with Gasteiger partial charge >= 0.3 is 0 Å². The van der Waals surface area contributed by atoms with Crippen molar-refractivity contribution in [1.82, 2.24) is 5.32 Å². The lowest BCUT2D eigenvalue weighted by Gasteiger charge is -2.10. The Labute approximate surface area is 107 Å². The highest BCUT2D eigenvalue weighted by Crippen LogP contribution is 2.35. The fourth-order valence-corrected chi connectivity index (χ4v) is 2.35. The smallest absolute Gasteiger partial charge is 0.251 e. The molecule has 0 radical (unpaired) electrons. The maximum atomic E-state index is 11.9. The molecule has 1 aliphatic rings. The molecule has 1 N–H and O–H groups in total. The SMILES string of the molecule is Cc1cc(C)cc(C(=O)NCC(Cl)C2CC2)c1. The summed E-state index contributed by atoms with van der Waals surface area (Å²) in [6.07, 6.45) is 2.40. The van der Waals surface area contributed by atoms with Gasteiger partial charge in [0.25, 0.3) is 5.91 Å². The van der Waals surface area contributed by atoms with E-state index in [1.54, 1.807) is 0 Å². The number of halogens is 1. The number of alkyl halides is 1. The van der Waals surface area contributed by atoms with Crippen molar-refractivity contribution < 1.29 is 4.79 Å². The van der Waals surface area contributed by atoms with E-state index in [4.69, 9.17) is 11.6 Å². The Morgan fingerprint density at radius 3 is 2.47 bits per heavy atom. The zero-order chi connectivity index (χ0) is 12.4. The third kappa shape index (κ3) is 3.47. The van der Waals surface area contributed by atoms with Crippen LogP contribution in [0.1, 0.15) is 34.3 Å². The van der Waals surface area contributed by atoms with Crippen LogP contribution in [0.15, 0.2) is 18.2 Å². The zero-order valence-corrected chi connectivity index (χ0v) is 11.1. The Kier molecular flexibility index (Phi) is 3.72. The van der Waals surface area contributed by atoms with E-state index in [-0.39, 0.29) is 11.3 Å². The molecule has 3 heteroatoms. The van der Waals surface area contributed by atoms with Crippen LogP contribution in [0.2, 0.25) is 0 Å². The van der Waals surface area contributed by atoms with E-state index in [9.17, 15) is 4.79 Å². The second kappa shape index (κ2) is 5.09. The minimum Gasteiger partial charge on any atom is -0.351 e. The van der Waals surface area contributed by atoms with Crippen LogP contribution in [-0.4, -0.2) is 17.8 Å². The fourth-order valence-electron chi connectivity index (χ4n) is 2.02. The Hall–Kier alpha value is -1.02. The van der Waals surface area contributed by atoms with E-state index in [2.05, 4.69) is 11.4 Å². The van der Waals surface area contributed by atoms with Gasteiger partial charge in [-0.2, -0.15) is 0 Å². The molecular weight excluding hydrogens is 234 g/mol. The minimum atomic E-state index is -0.0249. The molecule has 2 rings (SSSR count). The summed E-state index contributed by atoms with van der Waals surface area (Å²) < 4.78 is 0. The van der Waals surface area contributed by atoms with Gasteiger partial charge in [0.15, 0.2) is 0 Å². The fraction of sp³-hybridized carbons (Fsp3) is 0.500. The lowest BCUT2D eigenvalue weighted by Crippen LogP contribution is -2.30. The van der Waals surface area contributed by atoms with E-state index in [1.165, 1.54) is 12.8 Å². The van der Waals surface area contributed by atoms with Gasteiger partial charge in [0.2, 0.25) is 0 Å². The molecule has 1 atom stereocenters. The molecule has 0 spiro atoms. The van der Waals surface area contributed by atoms with Crippen molar-refractivity contribution in [3.63, 3.8) is 0 Å². The summed E-state index contributed by atoms with van der Waals surface area (Å²) in [5, 5.41) is 2.99. The topological polar surface area (TPSA) is 29.1 Å². The van der Waals surface area contributed by atoms with Crippen molar-refractivity contribution in [2.45, 2.75) is 32.1 Å². The van der Waals surface area contributed by atoms with Gasteiger partial charge in [-0.25, -0.2) is 0 Å². The van der Waals surface area contributed by atoms with E-state index < -0.39 is 0 Å². The van der Waals surface area contributed by atoms with Gasteiger partial charge in [0, 0.05) is 12.1 Å². The summed E-state index contributed by atoms with van der Waals surface area (Å²) in [5.41, 5.74) is 2.95. The first-order valence-electron chi connectivity index (χ1n) is 6.07. The lowest BCUT2D eigenvalue weighted by molar-refractivity contribution is 0.0953. The first-order chi connectivity index (χ1) is 8.06. The standard InChI is InChI=1S/C14H18ClNO/c1-9-5-10(2)7-12(6-9)14(17)16-8-13(15)11-3-4-11/h5-7,11,13H,3-4,8H2,1-2H3,(H,16,17). The molecule has 2 nitrogen and oxygen atoms in total. The van der Waals surface area contributed by atoms with E-state index in [1.807, 2.05) is 26.0 Å². The quantitative estimate of drug-likeness (QED) is 0.819. The molecular formula is C14H18ClNO. The van der Waals surface area contributed by atoms with Crippen molar-refractivity contribution in [3.8, 4) is 0 Å². The molecule has 1 aromatic rings. The summed E-state index contributed by atoms with van der Waals surface area (Å²) in [5.74, 6) is 0.583. The van der Waals surface area contributed by atoms with Crippen LogP contribution >= 0.6 is 11.6 Å². The Morgan fingerprint density at radius 1 is 1.35 bits per heavy atom. The van der Waals surface area contributed by atoms with Crippen molar-refractivity contribution in [1.29, 1.82) is 0 Å². The zero-order valence-electron chi connectivity index (χ0n) is 10.3. The van der Waals surface area contributed by atoms with Crippen LogP contribution in [0.5, 0.6) is 0 Å². The minimum absolute atomic E-state index is 0.0249. The second-order valence-electron chi connectivity index (χ2n) is 4.94. The van der Waals surface area contributed by atoms with Crippen molar-refractivity contribution in [3.05, 3.63) is 34.9 Å². The molecule has 92 valence electrons. The average Bonchev–Trinajstić information content (AvgIpc) is 3.07. The molecule has 1 aromatic carbocycles. The molecule has 1 saturated carbocycles. The molecule has 1 aliphatic carbocycles. The van der Waals surface area contributed by atoms with Gasteiger partial charge in [-0.05, 0) is 44.7 Å². The summed E-state index contributed by atoms with van der Waals surface area (Å²) in [7, 11) is 0. The maximum Gasteiger partial charge on any atom is 0.251 e. The van der Waals surface area contributed by atoms with Crippen LogP contribution in [0.4, 0.5) is 0 Å². The van der Waals surface area contributed by atoms with Crippen LogP contribution in [0.3, 0.4) is 0 Å². The van der Waals surface area contributed by atoms with E-state index in [0.717, 1.165) is 16.7 Å². The Balaban J connectivity index is 1.94. The molecule has 0 heterocycles. The van der Waals surface area contributed by atoms with Gasteiger partial charge in [0.05, 0.1) is 5.38 Å². The molecule has 1 fully saturated rings. The Morgan fingerprint density at radius 2 is 1.94 bits per heavy atom. The first-order valence-corrected chi connectivity index (χ1v) is 6.50. The number of amides is 1. The largest absolute Gasteiger partial charge is 0.351 e. The predicted molar refractivity (Wildman–Crippen MR) is 70.6 cm³/mol. The third-order valence-electron chi connectivity index (χ3n) is 3.08. The predicted octanol–water partition coefficient (Wildman–Crippen LogP) is 3.05. The van der Waals surface area contributed by atoms with Crippen LogP contribution in [-0.2, 0) is 0 Å². The number of rotatable bonds is 4. The normalized spacial score (nSPS) is 16.6. The molecule has 17 heavy (non-hydrogen) atoms.